The Balaban J connectivity index is 0.00000409. The van der Waals surface area contributed by atoms with E-state index < -0.39 is 49.2 Å². The van der Waals surface area contributed by atoms with E-state index >= 15 is 0 Å². The van der Waals surface area contributed by atoms with Crippen LogP contribution in [0.1, 0.15) is 21.6 Å². The van der Waals surface area contributed by atoms with Crippen molar-refractivity contribution in [1.82, 2.24) is 9.88 Å². The molecule has 49 heavy (non-hydrogen) atoms. The van der Waals surface area contributed by atoms with E-state index in [0.29, 0.717) is 38.5 Å². The van der Waals surface area contributed by atoms with Crippen molar-refractivity contribution < 1.29 is 61.0 Å². The second-order valence-electron chi connectivity index (χ2n) is 9.49. The van der Waals surface area contributed by atoms with Gasteiger partial charge in [-0.2, -0.15) is 0 Å². The molecule has 14 nitrogen and oxygen atoms in total. The number of nitrogens with zero attached hydrogens (tertiary/aromatic N) is 4. The van der Waals surface area contributed by atoms with Gasteiger partial charge in [0, 0.05) is 45.6 Å². The number of aliphatic carboxylic acids is 1. The molecule has 0 aliphatic heterocycles. The predicted molar refractivity (Wildman–Crippen MR) is 178 cm³/mol. The number of hydrogen-bond donors (Lipinski definition) is 2. The first-order valence-electron chi connectivity index (χ1n) is 13.9. The number of allylic oxidation sites excluding steroid dienone is 4. The number of carbonyl (C=O) groups is 6. The van der Waals surface area contributed by atoms with Gasteiger partial charge in [-0.05, 0) is 73.6 Å². The Morgan fingerprint density at radius 1 is 0.898 bits per heavy atom. The molecule has 0 fully saturated rings. The topological polar surface area (TPSA) is 208 Å². The maximum atomic E-state index is 13.3. The van der Waals surface area contributed by atoms with Crippen LogP contribution in [0.4, 0.5) is 0 Å². The van der Waals surface area contributed by atoms with Crippen molar-refractivity contribution in [2.24, 2.45) is 0 Å². The Morgan fingerprint density at radius 3 is 2.14 bits per heavy atom. The molecule has 0 saturated carbocycles. The van der Waals surface area contributed by atoms with Crippen LogP contribution in [0.15, 0.2) is 79.2 Å². The zero-order valence-electron chi connectivity index (χ0n) is 25.7. The molecule has 4 amide bonds. The first kappa shape index (κ1) is 40.3. The molecular weight excluding hydrogens is 764 g/mol. The Labute approximate surface area is 301 Å². The fourth-order valence-corrected chi connectivity index (χ4v) is 4.26. The zero-order valence-corrected chi connectivity index (χ0v) is 29.1. The van der Waals surface area contributed by atoms with Gasteiger partial charge in [0.1, 0.15) is 5.75 Å². The van der Waals surface area contributed by atoms with Gasteiger partial charge in [-0.15, -0.1) is 5.75 Å². The molecule has 1 aromatic heterocycles. The standard InChI is InChI=1S/C32H32ClN5O8S.O.Tc/c1-20-24(15-31(43)44)25-14-23(10-11-26(25)38(20)32(45)21-6-8-22(33)9-7-21)46-13-5-3-2-4-12-34-27(39)16-35-28(40)17-36-29(41)18-37-30(42)19-47;;/h2-14H,15-19H2,1H3,(H6,34,35,36,37,39,40,41,42,43,44,47);;/q;;+4/p-4/b3-2+,12-4+,13-5-;;. The average Bonchev–Trinajstić information content (AvgIpc) is 3.36. The van der Waals surface area contributed by atoms with Crippen LogP contribution in [0.5, 0.6) is 5.75 Å². The second-order valence-corrected chi connectivity index (χ2v) is 10.2. The average molecular weight is 792 g/mol. The van der Waals surface area contributed by atoms with E-state index in [0.717, 1.165) is 18.9 Å². The van der Waals surface area contributed by atoms with Gasteiger partial charge in [-0.3, -0.25) is 19.0 Å². The van der Waals surface area contributed by atoms with Gasteiger partial charge in [0.25, 0.3) is 5.91 Å². The molecule has 1 heterocycles. The van der Waals surface area contributed by atoms with Crippen LogP contribution in [0, 0.1) is 6.92 Å². The fraction of sp³-hybridized carbons (Fsp3) is 0.188. The van der Waals surface area contributed by atoms with Crippen LogP contribution in [0.2, 0.25) is 5.02 Å². The van der Waals surface area contributed by atoms with Crippen molar-refractivity contribution in [3.8, 4) is 5.75 Å². The maximum absolute atomic E-state index is 13.3. The summed E-state index contributed by atoms with van der Waals surface area (Å²) in [5.41, 5.74) is 1.93. The van der Waals surface area contributed by atoms with E-state index in [1.807, 2.05) is 0 Å². The number of nitrogens with one attached hydrogen (secondary N) is 1. The number of halogens is 1. The molecule has 0 aliphatic carbocycles. The summed E-state index contributed by atoms with van der Waals surface area (Å²) in [5.74, 6) is -3.95. The van der Waals surface area contributed by atoms with Crippen molar-refractivity contribution in [2.75, 3.05) is 25.4 Å². The molecule has 0 unspecified atom stereocenters. The molecular formula is C32H28ClN5O9STc. The van der Waals surface area contributed by atoms with Crippen molar-refractivity contribution in [3.63, 3.8) is 0 Å². The SMILES string of the molecule is Cc1c(CC(=O)O)c2cc(O\C=C/C=C/C=C/NC(=O)C[N-]C(=O)C[N-]C(=O)C[N-]C(=O)C[S-])ccc2n1C(=O)c1ccc(Cl)cc1.[O]=[Tc+4]. The number of aromatic nitrogens is 1. The van der Waals surface area contributed by atoms with Gasteiger partial charge < -0.3 is 58.1 Å². The third-order valence-corrected chi connectivity index (χ3v) is 6.69. The summed E-state index contributed by atoms with van der Waals surface area (Å²) < 4.78 is 15.4. The molecule has 17 heteroatoms. The number of carbonyl (C=O) groups excluding carboxylic acids is 5. The van der Waals surface area contributed by atoms with E-state index in [1.54, 1.807) is 67.6 Å². The molecule has 0 spiro atoms. The zero-order chi connectivity index (χ0) is 36.3. The molecule has 0 atom stereocenters. The van der Waals surface area contributed by atoms with Crippen LogP contribution in [-0.4, -0.2) is 70.6 Å². The summed E-state index contributed by atoms with van der Waals surface area (Å²) in [4.78, 5) is 70.8. The van der Waals surface area contributed by atoms with Gasteiger partial charge in [0.2, 0.25) is 5.91 Å². The minimum atomic E-state index is -1.04. The quantitative estimate of drug-likeness (QED) is 0.128. The summed E-state index contributed by atoms with van der Waals surface area (Å²) >= 11 is 11.3. The van der Waals surface area contributed by atoms with Crippen molar-refractivity contribution in [2.45, 2.75) is 13.3 Å². The number of fused-ring (bicyclic) bond motifs is 1. The van der Waals surface area contributed by atoms with Gasteiger partial charge in [0.05, 0.1) is 18.2 Å². The molecule has 0 bridgehead atoms. The molecule has 0 radical (unpaired) electrons. The normalized spacial score (nSPS) is 10.9. The number of amides is 4. The van der Waals surface area contributed by atoms with E-state index in [2.05, 4.69) is 33.9 Å². The van der Waals surface area contributed by atoms with Crippen LogP contribution in [0.25, 0.3) is 26.9 Å². The van der Waals surface area contributed by atoms with Crippen LogP contribution in [0.3, 0.4) is 0 Å². The van der Waals surface area contributed by atoms with Crippen molar-refractivity contribution >= 4 is 70.6 Å². The van der Waals surface area contributed by atoms with E-state index in [-0.39, 0.29) is 18.1 Å². The Hall–Kier alpha value is -4.89. The molecule has 3 aromatic rings. The number of benzene rings is 2. The van der Waals surface area contributed by atoms with Crippen LogP contribution in [-0.2, 0) is 65.4 Å². The number of rotatable bonds is 15. The third-order valence-electron chi connectivity index (χ3n) is 6.19. The van der Waals surface area contributed by atoms with E-state index in [4.69, 9.17) is 19.8 Å². The van der Waals surface area contributed by atoms with E-state index in [9.17, 15) is 33.9 Å². The van der Waals surface area contributed by atoms with Gasteiger partial charge in [-0.1, -0.05) is 36.8 Å². The van der Waals surface area contributed by atoms with Gasteiger partial charge >= 0.3 is 28.3 Å². The predicted octanol–water partition coefficient (Wildman–Crippen LogP) is 4.12. The summed E-state index contributed by atoms with van der Waals surface area (Å²) in [5, 5.41) is 23.3. The number of hydrogen-bond acceptors (Lipinski definition) is 9. The number of carboxylic acid groups (broad SMARTS) is 1. The van der Waals surface area contributed by atoms with Gasteiger partial charge in [0.15, 0.2) is 0 Å². The Morgan fingerprint density at radius 2 is 1.51 bits per heavy atom. The molecule has 2 aromatic carbocycles. The van der Waals surface area contributed by atoms with Crippen molar-refractivity contribution in [1.29, 1.82) is 0 Å². The first-order chi connectivity index (χ1) is 23.5. The minimum absolute atomic E-state index is 0.252. The molecule has 0 saturated heterocycles. The third kappa shape index (κ3) is 13.3. The number of carboxylic acids is 1. The van der Waals surface area contributed by atoms with Gasteiger partial charge in [-0.25, -0.2) is 0 Å². The molecule has 255 valence electrons. The Kier molecular flexibility index (Phi) is 17.4. The summed E-state index contributed by atoms with van der Waals surface area (Å²) in [6, 6.07) is 11.4. The monoisotopic (exact) mass is 790 g/mol. The Bertz CT molecular complexity index is 1770. The van der Waals surface area contributed by atoms with Crippen molar-refractivity contribution in [3.05, 3.63) is 117 Å². The van der Waals surface area contributed by atoms with Crippen LogP contribution >= 0.6 is 11.6 Å². The van der Waals surface area contributed by atoms with E-state index in [1.165, 1.54) is 23.1 Å². The molecule has 0 aliphatic rings. The molecule has 2 N–H and O–H groups in total. The molecule has 3 rings (SSSR count). The first-order valence-corrected chi connectivity index (χ1v) is 15.7. The summed E-state index contributed by atoms with van der Waals surface area (Å²) in [6.45, 7) is 0.154. The summed E-state index contributed by atoms with van der Waals surface area (Å²) in [7, 11) is 0. The summed E-state index contributed by atoms with van der Waals surface area (Å²) in [6.07, 6.45) is 8.74. The number of ether oxygens (including phenoxy) is 1. The van der Waals surface area contributed by atoms with Crippen LogP contribution < -0.4 is 10.1 Å². The second kappa shape index (κ2) is 21.2. The fourth-order valence-electron chi connectivity index (χ4n) is 4.04.